The van der Waals surface area contributed by atoms with Crippen LogP contribution in [-0.4, -0.2) is 46.3 Å². The van der Waals surface area contributed by atoms with E-state index >= 15 is 0 Å². The Morgan fingerprint density at radius 2 is 1.93 bits per heavy atom. The van der Waals surface area contributed by atoms with Gasteiger partial charge in [0.2, 0.25) is 0 Å². The van der Waals surface area contributed by atoms with Crippen LogP contribution in [0.2, 0.25) is 0 Å². The van der Waals surface area contributed by atoms with Gasteiger partial charge < -0.3 is 10.2 Å². The first-order valence-electron chi connectivity index (χ1n) is 9.29. The first kappa shape index (κ1) is 17.5. The monoisotopic (exact) mass is 363 g/mol. The molecule has 0 atom stereocenters. The Morgan fingerprint density at radius 3 is 2.74 bits per heavy atom. The second-order valence-corrected chi connectivity index (χ2v) is 7.30. The van der Waals surface area contributed by atoms with Gasteiger partial charge in [0.1, 0.15) is 0 Å². The van der Waals surface area contributed by atoms with E-state index in [1.807, 2.05) is 0 Å². The molecular formula is C21H25N5O. The normalized spacial score (nSPS) is 14.1. The summed E-state index contributed by atoms with van der Waals surface area (Å²) in [5, 5.41) is 10.1. The van der Waals surface area contributed by atoms with Crippen molar-refractivity contribution in [3.05, 3.63) is 65.5 Å². The number of aromatic nitrogens is 2. The largest absolute Gasteiger partial charge is 0.332 e. The molecule has 1 aliphatic heterocycles. The van der Waals surface area contributed by atoms with Gasteiger partial charge in [-0.1, -0.05) is 36.4 Å². The molecule has 0 fully saturated rings. The Kier molecular flexibility index (Phi) is 4.81. The number of amides is 2. The third kappa shape index (κ3) is 3.95. The van der Waals surface area contributed by atoms with Crippen LogP contribution in [0.25, 0.3) is 10.8 Å². The summed E-state index contributed by atoms with van der Waals surface area (Å²) in [6.45, 7) is 4.13. The molecule has 0 unspecified atom stereocenters. The number of rotatable bonds is 4. The van der Waals surface area contributed by atoms with E-state index in [2.05, 4.69) is 68.5 Å². The second kappa shape index (κ2) is 7.40. The summed E-state index contributed by atoms with van der Waals surface area (Å²) in [5.41, 5.74) is 3.45. The maximum absolute atomic E-state index is 11.7. The zero-order chi connectivity index (χ0) is 18.8. The zero-order valence-electron chi connectivity index (χ0n) is 15.9. The van der Waals surface area contributed by atoms with Crippen molar-refractivity contribution in [3.8, 4) is 0 Å². The minimum Gasteiger partial charge on any atom is -0.332 e. The molecule has 0 spiro atoms. The van der Waals surface area contributed by atoms with Crippen LogP contribution in [0.4, 0.5) is 4.79 Å². The molecule has 1 aromatic heterocycles. The topological polar surface area (TPSA) is 53.4 Å². The number of hydrogen-bond acceptors (Lipinski definition) is 3. The van der Waals surface area contributed by atoms with Gasteiger partial charge in [0.05, 0.1) is 24.5 Å². The molecule has 0 aliphatic carbocycles. The molecule has 4 rings (SSSR count). The fourth-order valence-corrected chi connectivity index (χ4v) is 3.52. The van der Waals surface area contributed by atoms with Crippen molar-refractivity contribution < 1.29 is 4.79 Å². The van der Waals surface area contributed by atoms with Crippen LogP contribution in [0.5, 0.6) is 0 Å². The van der Waals surface area contributed by atoms with E-state index in [0.717, 1.165) is 31.9 Å². The van der Waals surface area contributed by atoms with Gasteiger partial charge in [-0.3, -0.25) is 9.58 Å². The maximum atomic E-state index is 11.7. The van der Waals surface area contributed by atoms with Gasteiger partial charge in [-0.05, 0) is 28.5 Å². The van der Waals surface area contributed by atoms with Gasteiger partial charge in [-0.25, -0.2) is 4.79 Å². The van der Waals surface area contributed by atoms with Crippen molar-refractivity contribution in [3.63, 3.8) is 0 Å². The lowest BCUT2D eigenvalue weighted by atomic mass is 10.1. The molecule has 2 heterocycles. The van der Waals surface area contributed by atoms with Gasteiger partial charge in [0, 0.05) is 33.7 Å². The van der Waals surface area contributed by atoms with Crippen LogP contribution >= 0.6 is 0 Å². The summed E-state index contributed by atoms with van der Waals surface area (Å²) >= 11 is 0. The molecule has 0 radical (unpaired) electrons. The Morgan fingerprint density at radius 1 is 1.11 bits per heavy atom. The molecule has 1 N–H and O–H groups in total. The van der Waals surface area contributed by atoms with E-state index in [4.69, 9.17) is 0 Å². The molecule has 6 heteroatoms. The average molecular weight is 363 g/mol. The number of urea groups is 1. The third-order valence-electron chi connectivity index (χ3n) is 4.97. The Hall–Kier alpha value is -2.86. The van der Waals surface area contributed by atoms with Crippen molar-refractivity contribution >= 4 is 16.8 Å². The summed E-state index contributed by atoms with van der Waals surface area (Å²) in [5.74, 6) is 0. The number of hydrogen-bond donors (Lipinski definition) is 1. The third-order valence-corrected chi connectivity index (χ3v) is 4.97. The van der Waals surface area contributed by atoms with Gasteiger partial charge in [-0.15, -0.1) is 0 Å². The van der Waals surface area contributed by atoms with Gasteiger partial charge >= 0.3 is 6.03 Å². The minimum atomic E-state index is -0.0982. The molecule has 2 aromatic carbocycles. The quantitative estimate of drug-likeness (QED) is 0.775. The lowest BCUT2D eigenvalue weighted by Gasteiger charge is -2.27. The Bertz CT molecular complexity index is 962. The number of nitrogens with one attached hydrogen (secondary N) is 1. The molecule has 0 saturated carbocycles. The van der Waals surface area contributed by atoms with Crippen LogP contribution < -0.4 is 5.32 Å². The summed E-state index contributed by atoms with van der Waals surface area (Å²) in [7, 11) is 3.47. The van der Waals surface area contributed by atoms with E-state index in [1.165, 1.54) is 26.9 Å². The summed E-state index contributed by atoms with van der Waals surface area (Å²) in [4.78, 5) is 15.7. The molecule has 0 bridgehead atoms. The van der Waals surface area contributed by atoms with Gasteiger partial charge in [0.25, 0.3) is 0 Å². The number of nitrogens with zero attached hydrogens (tertiary/aromatic N) is 4. The average Bonchev–Trinajstić information content (AvgIpc) is 3.08. The van der Waals surface area contributed by atoms with Crippen LogP contribution in [0.1, 0.15) is 17.0 Å². The van der Waals surface area contributed by atoms with Gasteiger partial charge in [0.15, 0.2) is 0 Å². The van der Waals surface area contributed by atoms with Crippen molar-refractivity contribution in [1.29, 1.82) is 0 Å². The highest BCUT2D eigenvalue weighted by molar-refractivity contribution is 5.82. The fourth-order valence-electron chi connectivity index (χ4n) is 3.52. The Balaban J connectivity index is 1.41. The van der Waals surface area contributed by atoms with E-state index < -0.39 is 0 Å². The van der Waals surface area contributed by atoms with Crippen molar-refractivity contribution in [2.45, 2.75) is 26.2 Å². The van der Waals surface area contributed by atoms with Gasteiger partial charge in [-0.2, -0.15) is 5.10 Å². The fraction of sp³-hybridized carbons (Fsp3) is 0.333. The van der Waals surface area contributed by atoms with Crippen LogP contribution in [0, 0.1) is 0 Å². The molecule has 1 aliphatic rings. The highest BCUT2D eigenvalue weighted by atomic mass is 16.2. The smallest absolute Gasteiger partial charge is 0.317 e. The minimum absolute atomic E-state index is 0.0982. The summed E-state index contributed by atoms with van der Waals surface area (Å²) < 4.78 is 2.06. The molecular weight excluding hydrogens is 338 g/mol. The highest BCUT2D eigenvalue weighted by Crippen LogP contribution is 2.20. The molecule has 140 valence electrons. The molecule has 27 heavy (non-hydrogen) atoms. The Labute approximate surface area is 159 Å². The summed E-state index contributed by atoms with van der Waals surface area (Å²) in [6.07, 6.45) is 0. The predicted octanol–water partition coefficient (Wildman–Crippen LogP) is 2.82. The zero-order valence-corrected chi connectivity index (χ0v) is 15.9. The van der Waals surface area contributed by atoms with E-state index in [1.54, 1.807) is 14.1 Å². The second-order valence-electron chi connectivity index (χ2n) is 7.30. The number of benzene rings is 2. The van der Waals surface area contributed by atoms with Crippen molar-refractivity contribution in [1.82, 2.24) is 24.9 Å². The van der Waals surface area contributed by atoms with E-state index in [0.29, 0.717) is 6.54 Å². The van der Waals surface area contributed by atoms with E-state index in [9.17, 15) is 4.79 Å². The molecule has 3 aromatic rings. The number of carbonyl (C=O) groups is 1. The lowest BCUT2D eigenvalue weighted by molar-refractivity contribution is 0.205. The molecule has 2 amide bonds. The first-order valence-corrected chi connectivity index (χ1v) is 9.29. The van der Waals surface area contributed by atoms with Crippen molar-refractivity contribution in [2.24, 2.45) is 0 Å². The maximum Gasteiger partial charge on any atom is 0.317 e. The highest BCUT2D eigenvalue weighted by Gasteiger charge is 2.19. The summed E-state index contributed by atoms with van der Waals surface area (Å²) in [6, 6.07) is 17.2. The SMILES string of the molecule is CN(C)C(=O)NCc1cc2n(n1)CCN(Cc1ccc3ccccc3c1)C2. The first-order chi connectivity index (χ1) is 13.1. The number of carbonyl (C=O) groups excluding carboxylic acids is 1. The predicted molar refractivity (Wildman–Crippen MR) is 106 cm³/mol. The van der Waals surface area contributed by atoms with Crippen LogP contribution in [0.15, 0.2) is 48.5 Å². The van der Waals surface area contributed by atoms with E-state index in [-0.39, 0.29) is 6.03 Å². The molecule has 6 nitrogen and oxygen atoms in total. The van der Waals surface area contributed by atoms with Crippen LogP contribution in [0.3, 0.4) is 0 Å². The number of fused-ring (bicyclic) bond motifs is 2. The van der Waals surface area contributed by atoms with Crippen molar-refractivity contribution in [2.75, 3.05) is 20.6 Å². The lowest BCUT2D eigenvalue weighted by Crippen LogP contribution is -2.34. The molecule has 0 saturated heterocycles. The van der Waals surface area contributed by atoms with Crippen LogP contribution in [-0.2, 0) is 26.2 Å². The standard InChI is InChI=1S/C21H25N5O/c1-24(2)21(27)22-13-19-12-20-15-25(9-10-26(20)23-19)14-16-7-8-17-5-3-4-6-18(17)11-16/h3-8,11-12H,9-10,13-15H2,1-2H3,(H,22,27).